The molecule has 0 saturated carbocycles. The number of hydrogen-bond donors (Lipinski definition) is 0. The second-order valence-corrected chi connectivity index (χ2v) is 8.13. The second-order valence-electron chi connectivity index (χ2n) is 8.13. The van der Waals surface area contributed by atoms with Crippen molar-refractivity contribution in [3.05, 3.63) is 77.1 Å². The predicted molar refractivity (Wildman–Crippen MR) is 125 cm³/mol. The van der Waals surface area contributed by atoms with E-state index in [1.54, 1.807) is 0 Å². The van der Waals surface area contributed by atoms with Crippen LogP contribution in [0.25, 0.3) is 23.3 Å². The number of rotatable bonds is 2. The number of nitrogens with zero attached hydrogens (tertiary/aromatic N) is 5. The van der Waals surface area contributed by atoms with Crippen molar-refractivity contribution in [2.45, 2.75) is 26.8 Å². The van der Waals surface area contributed by atoms with Crippen LogP contribution in [-0.2, 0) is 0 Å². The highest BCUT2D eigenvalue weighted by atomic mass is 16.3. The molecule has 31 heavy (non-hydrogen) atoms. The van der Waals surface area contributed by atoms with Gasteiger partial charge in [-0.25, -0.2) is 9.97 Å². The highest BCUT2D eigenvalue weighted by Crippen LogP contribution is 2.43. The smallest absolute Gasteiger partial charge is 0.304 e. The van der Waals surface area contributed by atoms with Crippen LogP contribution in [0.15, 0.2) is 65.2 Å². The number of hydrogen-bond acceptors (Lipinski definition) is 6. The molecule has 1 aromatic carbocycles. The largest absolute Gasteiger partial charge is 0.436 e. The van der Waals surface area contributed by atoms with E-state index in [1.807, 2.05) is 31.3 Å². The van der Waals surface area contributed by atoms with Crippen molar-refractivity contribution in [3.8, 4) is 0 Å². The topological polar surface area (TPSA) is 48.6 Å². The Labute approximate surface area is 180 Å². The highest BCUT2D eigenvalue weighted by molar-refractivity contribution is 6.70. The third-order valence-corrected chi connectivity index (χ3v) is 6.09. The number of aromatic nitrogens is 2. The first kappa shape index (κ1) is 18.1. The molecule has 152 valence electrons. The first-order chi connectivity index (χ1) is 15.1. The van der Waals surface area contributed by atoms with Crippen molar-refractivity contribution in [1.82, 2.24) is 14.9 Å². The van der Waals surface area contributed by atoms with Crippen LogP contribution in [0.2, 0.25) is 6.82 Å². The van der Waals surface area contributed by atoms with E-state index >= 15 is 0 Å². The minimum atomic E-state index is 0.0469. The summed E-state index contributed by atoms with van der Waals surface area (Å²) in [5, 5.41) is 4.42. The van der Waals surface area contributed by atoms with Crippen LogP contribution in [0, 0.1) is 6.92 Å². The maximum atomic E-state index is 6.14. The van der Waals surface area contributed by atoms with Gasteiger partial charge < -0.3 is 14.2 Å². The van der Waals surface area contributed by atoms with Gasteiger partial charge in [0, 0.05) is 28.2 Å². The lowest BCUT2D eigenvalue weighted by Gasteiger charge is -2.39. The normalized spacial score (nSPS) is 17.5. The monoisotopic (exact) mass is 407 g/mol. The van der Waals surface area contributed by atoms with Crippen molar-refractivity contribution in [2.24, 2.45) is 0 Å². The molecule has 6 rings (SSSR count). The lowest BCUT2D eigenvalue weighted by atomic mass is 9.63. The first-order valence-corrected chi connectivity index (χ1v) is 10.6. The molecular weight excluding hydrogens is 385 g/mol. The third kappa shape index (κ3) is 2.66. The van der Waals surface area contributed by atoms with E-state index in [2.05, 4.69) is 82.1 Å². The summed E-state index contributed by atoms with van der Waals surface area (Å²) in [7, 11) is 0. The molecule has 4 aromatic rings. The standard InChI is InChI=1S/C24H22BN5O/c1-16-11-12-19-20-14-25(3)28(15-22(20)31-24(19)27-16)30-17(2)29(18-8-5-4-6-9-18)21-10-7-13-26-23(21)30/h4-15,17H,1-3H3/t17-/m0/s1. The Balaban J connectivity index is 1.50. The minimum Gasteiger partial charge on any atom is -0.436 e. The van der Waals surface area contributed by atoms with Gasteiger partial charge in [0.15, 0.2) is 11.2 Å². The van der Waals surface area contributed by atoms with Crippen LogP contribution in [0.1, 0.15) is 12.6 Å². The van der Waals surface area contributed by atoms with Crippen LogP contribution in [0.5, 0.6) is 0 Å². The quantitative estimate of drug-likeness (QED) is 0.475. The second kappa shape index (κ2) is 6.64. The van der Waals surface area contributed by atoms with Crippen LogP contribution < -0.4 is 20.5 Å². The zero-order chi connectivity index (χ0) is 21.1. The number of pyridine rings is 2. The summed E-state index contributed by atoms with van der Waals surface area (Å²) in [4.78, 5) is 13.9. The Morgan fingerprint density at radius 1 is 1.03 bits per heavy atom. The summed E-state index contributed by atoms with van der Waals surface area (Å²) in [6.45, 7) is 6.51. The van der Waals surface area contributed by atoms with Crippen LogP contribution >= 0.6 is 0 Å². The molecule has 0 saturated heterocycles. The van der Waals surface area contributed by atoms with Gasteiger partial charge in [-0.15, -0.1) is 0 Å². The first-order valence-electron chi connectivity index (χ1n) is 10.6. The van der Waals surface area contributed by atoms with Crippen molar-refractivity contribution in [1.29, 1.82) is 0 Å². The molecule has 0 N–H and O–H groups in total. The van der Waals surface area contributed by atoms with E-state index in [9.17, 15) is 0 Å². The summed E-state index contributed by atoms with van der Waals surface area (Å²) in [6.07, 6.45) is 3.98. The fourth-order valence-electron chi connectivity index (χ4n) is 4.68. The van der Waals surface area contributed by atoms with Gasteiger partial charge in [-0.1, -0.05) is 31.0 Å². The summed E-state index contributed by atoms with van der Waals surface area (Å²) in [5.74, 6) is 3.18. The third-order valence-electron chi connectivity index (χ3n) is 6.09. The number of anilines is 3. The number of furan rings is 1. The predicted octanol–water partition coefficient (Wildman–Crippen LogP) is 3.45. The Morgan fingerprint density at radius 3 is 2.71 bits per heavy atom. The Hall–Kier alpha value is -3.74. The Morgan fingerprint density at radius 2 is 1.87 bits per heavy atom. The van der Waals surface area contributed by atoms with Crippen molar-refractivity contribution in [3.63, 3.8) is 0 Å². The summed E-state index contributed by atoms with van der Waals surface area (Å²) < 4.78 is 6.14. The van der Waals surface area contributed by atoms with Crippen LogP contribution in [0.4, 0.5) is 17.2 Å². The fraction of sp³-hybridized carbons (Fsp3) is 0.167. The molecule has 0 radical (unpaired) electrons. The summed E-state index contributed by atoms with van der Waals surface area (Å²) >= 11 is 0. The van der Waals surface area contributed by atoms with Crippen LogP contribution in [-0.4, -0.2) is 27.9 Å². The van der Waals surface area contributed by atoms with Crippen molar-refractivity contribution >= 4 is 47.3 Å². The number of fused-ring (bicyclic) bond motifs is 4. The number of para-hydroxylation sites is 1. The molecule has 0 unspecified atom stereocenters. The molecule has 6 nitrogen and oxygen atoms in total. The molecule has 3 aromatic heterocycles. The molecule has 7 heteroatoms. The average Bonchev–Trinajstić information content (AvgIpc) is 3.27. The number of hydrazine groups is 1. The zero-order valence-electron chi connectivity index (χ0n) is 17.7. The van der Waals surface area contributed by atoms with Gasteiger partial charge in [0.2, 0.25) is 5.71 Å². The summed E-state index contributed by atoms with van der Waals surface area (Å²) in [5.41, 5.74) is 4.70. The van der Waals surface area contributed by atoms with Gasteiger partial charge in [-0.2, -0.15) is 0 Å². The van der Waals surface area contributed by atoms with E-state index in [-0.39, 0.29) is 13.0 Å². The summed E-state index contributed by atoms with van der Waals surface area (Å²) in [6, 6.07) is 18.7. The zero-order valence-corrected chi connectivity index (χ0v) is 17.7. The van der Waals surface area contributed by atoms with E-state index in [4.69, 9.17) is 9.40 Å². The van der Waals surface area contributed by atoms with Gasteiger partial charge in [0.05, 0.1) is 11.9 Å². The fourth-order valence-corrected chi connectivity index (χ4v) is 4.68. The maximum Gasteiger partial charge on any atom is 0.304 e. The lowest BCUT2D eigenvalue weighted by Crippen LogP contribution is -2.55. The minimum absolute atomic E-state index is 0.0469. The lowest BCUT2D eigenvalue weighted by molar-refractivity contribution is 0.479. The molecule has 0 bridgehead atoms. The molecule has 0 aliphatic carbocycles. The van der Waals surface area contributed by atoms with Gasteiger partial charge >= 0.3 is 6.85 Å². The van der Waals surface area contributed by atoms with Crippen molar-refractivity contribution < 1.29 is 4.42 Å². The van der Waals surface area contributed by atoms with E-state index in [0.717, 1.165) is 38.9 Å². The number of aryl methyl sites for hydroxylation is 1. The van der Waals surface area contributed by atoms with E-state index < -0.39 is 0 Å². The molecule has 0 fully saturated rings. The number of benzene rings is 1. The van der Waals surface area contributed by atoms with E-state index in [0.29, 0.717) is 5.71 Å². The molecule has 0 amide bonds. The average molecular weight is 407 g/mol. The van der Waals surface area contributed by atoms with Crippen LogP contribution in [0.3, 0.4) is 0 Å². The maximum absolute atomic E-state index is 6.14. The molecule has 0 spiro atoms. The van der Waals surface area contributed by atoms with Crippen molar-refractivity contribution in [2.75, 3.05) is 9.91 Å². The molecule has 2 aliphatic heterocycles. The van der Waals surface area contributed by atoms with Gasteiger partial charge in [0.1, 0.15) is 6.17 Å². The SMILES string of the molecule is CB1C=c2c(oc3nc(C)ccc23)=CN1N1c2ncccc2N(c2ccccc2)[C@@H]1C. The Bertz CT molecular complexity index is 1420. The van der Waals surface area contributed by atoms with E-state index in [1.165, 1.54) is 0 Å². The molecule has 1 atom stereocenters. The van der Waals surface area contributed by atoms with Gasteiger partial charge in [-0.3, -0.25) is 5.01 Å². The van der Waals surface area contributed by atoms with Gasteiger partial charge in [-0.05, 0) is 50.2 Å². The molecule has 5 heterocycles. The molecular formula is C24H22BN5O. The Kier molecular flexibility index (Phi) is 3.87. The van der Waals surface area contributed by atoms with Gasteiger partial charge in [0.25, 0.3) is 0 Å². The highest BCUT2D eigenvalue weighted by Gasteiger charge is 2.40. The molecule has 2 aliphatic rings.